The van der Waals surface area contributed by atoms with Crippen LogP contribution in [-0.4, -0.2) is 0 Å². The predicted molar refractivity (Wildman–Crippen MR) is 61.3 cm³/mol. The zero-order valence-corrected chi connectivity index (χ0v) is 9.22. The van der Waals surface area contributed by atoms with Crippen LogP contribution >= 0.6 is 0 Å². The van der Waals surface area contributed by atoms with Crippen LogP contribution in [0.4, 0.5) is 8.78 Å². The molecule has 82 valence electrons. The molecule has 2 aromatic carbocycles. The lowest BCUT2D eigenvalue weighted by molar-refractivity contribution is 0.569. The zero-order chi connectivity index (χ0) is 11.7. The van der Waals surface area contributed by atoms with E-state index in [2.05, 4.69) is 0 Å². The van der Waals surface area contributed by atoms with Gasteiger partial charge in [0.05, 0.1) is 0 Å². The Morgan fingerprint density at radius 1 is 0.750 bits per heavy atom. The Morgan fingerprint density at radius 2 is 1.25 bits per heavy atom. The van der Waals surface area contributed by atoms with Crippen molar-refractivity contribution >= 4 is 0 Å². The zero-order valence-electron chi connectivity index (χ0n) is 9.22. The summed E-state index contributed by atoms with van der Waals surface area (Å²) in [7, 11) is 0. The molecule has 0 saturated carbocycles. The fourth-order valence-corrected chi connectivity index (χ4v) is 1.56. The van der Waals surface area contributed by atoms with Crippen molar-refractivity contribution in [3.05, 3.63) is 59.2 Å². The molecule has 0 heterocycles. The van der Waals surface area contributed by atoms with Crippen molar-refractivity contribution in [3.63, 3.8) is 0 Å². The molecule has 2 rings (SSSR count). The van der Waals surface area contributed by atoms with E-state index in [0.29, 0.717) is 5.56 Å². The molecule has 0 aliphatic rings. The molecule has 0 radical (unpaired) electrons. The first-order valence-electron chi connectivity index (χ1n) is 5.10. The van der Waals surface area contributed by atoms with Gasteiger partial charge >= 0.3 is 0 Å². The minimum absolute atomic E-state index is 0.0656. The van der Waals surface area contributed by atoms with E-state index in [1.807, 2.05) is 31.2 Å². The molecule has 0 amide bonds. The summed E-state index contributed by atoms with van der Waals surface area (Å²) < 4.78 is 26.7. The Morgan fingerprint density at radius 3 is 1.75 bits per heavy atom. The van der Waals surface area contributed by atoms with E-state index in [-0.39, 0.29) is 5.56 Å². The van der Waals surface area contributed by atoms with Gasteiger partial charge in [0.1, 0.15) is 11.6 Å². The van der Waals surface area contributed by atoms with E-state index >= 15 is 0 Å². The fourth-order valence-electron chi connectivity index (χ4n) is 1.56. The molecular weight excluding hydrogens is 206 g/mol. The first kappa shape index (κ1) is 10.8. The number of aryl methyl sites for hydroxylation is 1. The monoisotopic (exact) mass is 218 g/mol. The van der Waals surface area contributed by atoms with Gasteiger partial charge in [-0.3, -0.25) is 0 Å². The number of benzene rings is 2. The highest BCUT2D eigenvalue weighted by atomic mass is 19.1. The van der Waals surface area contributed by atoms with Gasteiger partial charge in [0, 0.05) is 5.56 Å². The van der Waals surface area contributed by atoms with Gasteiger partial charge in [0.15, 0.2) is 0 Å². The van der Waals surface area contributed by atoms with Gasteiger partial charge in [-0.25, -0.2) is 8.78 Å². The molecule has 0 unspecified atom stereocenters. The number of hydrogen-bond acceptors (Lipinski definition) is 0. The largest absolute Gasteiger partial charge is 0.207 e. The van der Waals surface area contributed by atoms with Gasteiger partial charge in [-0.1, -0.05) is 29.8 Å². The summed E-state index contributed by atoms with van der Waals surface area (Å²) in [5.74, 6) is -1.01. The predicted octanol–water partition coefficient (Wildman–Crippen LogP) is 4.25. The maximum atomic E-state index is 13.4. The standard InChI is InChI=1S/C14H12F2/c1-9-3-5-11(6-4-9)12-7-13(15)10(2)14(16)8-12/h3-8H,1-2H3. The van der Waals surface area contributed by atoms with Crippen molar-refractivity contribution in [1.29, 1.82) is 0 Å². The number of rotatable bonds is 1. The van der Waals surface area contributed by atoms with Gasteiger partial charge in [0.2, 0.25) is 0 Å². The van der Waals surface area contributed by atoms with Crippen molar-refractivity contribution in [3.8, 4) is 11.1 Å². The van der Waals surface area contributed by atoms with Crippen LogP contribution in [0.25, 0.3) is 11.1 Å². The van der Waals surface area contributed by atoms with Crippen LogP contribution in [0.2, 0.25) is 0 Å². The summed E-state index contributed by atoms with van der Waals surface area (Å²) in [5, 5.41) is 0. The Bertz CT molecular complexity index is 490. The second-order valence-corrected chi connectivity index (χ2v) is 3.93. The van der Waals surface area contributed by atoms with E-state index in [9.17, 15) is 8.78 Å². The molecule has 0 aliphatic heterocycles. The van der Waals surface area contributed by atoms with Crippen LogP contribution in [0.1, 0.15) is 11.1 Å². The second-order valence-electron chi connectivity index (χ2n) is 3.93. The van der Waals surface area contributed by atoms with E-state index in [1.54, 1.807) is 0 Å². The third-order valence-electron chi connectivity index (χ3n) is 2.67. The third kappa shape index (κ3) is 1.96. The van der Waals surface area contributed by atoms with Gasteiger partial charge in [-0.15, -0.1) is 0 Å². The Labute approximate surface area is 93.5 Å². The molecule has 2 heteroatoms. The van der Waals surface area contributed by atoms with Crippen molar-refractivity contribution in [2.75, 3.05) is 0 Å². The summed E-state index contributed by atoms with van der Waals surface area (Å²) in [6.45, 7) is 3.41. The molecule has 0 bridgehead atoms. The normalized spacial score (nSPS) is 10.5. The minimum atomic E-state index is -0.504. The topological polar surface area (TPSA) is 0 Å². The highest BCUT2D eigenvalue weighted by molar-refractivity contribution is 5.64. The lowest BCUT2D eigenvalue weighted by Crippen LogP contribution is -1.90. The molecule has 0 aromatic heterocycles. The van der Waals surface area contributed by atoms with Crippen molar-refractivity contribution in [2.45, 2.75) is 13.8 Å². The molecule has 0 N–H and O–H groups in total. The van der Waals surface area contributed by atoms with E-state index < -0.39 is 11.6 Å². The molecule has 0 saturated heterocycles. The quantitative estimate of drug-likeness (QED) is 0.671. The van der Waals surface area contributed by atoms with Gasteiger partial charge in [-0.05, 0) is 37.1 Å². The third-order valence-corrected chi connectivity index (χ3v) is 2.67. The van der Waals surface area contributed by atoms with Crippen LogP contribution in [-0.2, 0) is 0 Å². The highest BCUT2D eigenvalue weighted by Gasteiger charge is 2.07. The minimum Gasteiger partial charge on any atom is -0.207 e. The van der Waals surface area contributed by atoms with E-state index in [4.69, 9.17) is 0 Å². The average Bonchev–Trinajstić information content (AvgIpc) is 2.26. The molecule has 0 fully saturated rings. The molecule has 0 spiro atoms. The van der Waals surface area contributed by atoms with E-state index in [0.717, 1.165) is 11.1 Å². The molecular formula is C14H12F2. The molecule has 0 atom stereocenters. The van der Waals surface area contributed by atoms with Crippen LogP contribution in [0.3, 0.4) is 0 Å². The van der Waals surface area contributed by atoms with E-state index in [1.165, 1.54) is 19.1 Å². The lowest BCUT2D eigenvalue weighted by Gasteiger charge is -2.05. The summed E-state index contributed by atoms with van der Waals surface area (Å²) >= 11 is 0. The Balaban J connectivity index is 2.52. The Kier molecular flexibility index (Phi) is 2.73. The molecule has 0 nitrogen and oxygen atoms in total. The maximum Gasteiger partial charge on any atom is 0.129 e. The summed E-state index contributed by atoms with van der Waals surface area (Å²) in [6, 6.07) is 10.3. The summed E-state index contributed by atoms with van der Waals surface area (Å²) in [4.78, 5) is 0. The molecule has 2 aromatic rings. The second kappa shape index (κ2) is 4.05. The maximum absolute atomic E-state index is 13.4. The molecule has 16 heavy (non-hydrogen) atoms. The van der Waals surface area contributed by atoms with Crippen molar-refractivity contribution in [2.24, 2.45) is 0 Å². The van der Waals surface area contributed by atoms with Gasteiger partial charge in [0.25, 0.3) is 0 Å². The van der Waals surface area contributed by atoms with Crippen LogP contribution in [0, 0.1) is 25.5 Å². The number of hydrogen-bond donors (Lipinski definition) is 0. The van der Waals surface area contributed by atoms with Crippen LogP contribution in [0.15, 0.2) is 36.4 Å². The van der Waals surface area contributed by atoms with Crippen LogP contribution < -0.4 is 0 Å². The first-order valence-corrected chi connectivity index (χ1v) is 5.10. The number of halogens is 2. The Hall–Kier alpha value is -1.70. The lowest BCUT2D eigenvalue weighted by atomic mass is 10.0. The van der Waals surface area contributed by atoms with Crippen LogP contribution in [0.5, 0.6) is 0 Å². The van der Waals surface area contributed by atoms with Gasteiger partial charge < -0.3 is 0 Å². The SMILES string of the molecule is Cc1ccc(-c2cc(F)c(C)c(F)c2)cc1. The smallest absolute Gasteiger partial charge is 0.129 e. The summed E-state index contributed by atoms with van der Waals surface area (Å²) in [5.41, 5.74) is 2.58. The van der Waals surface area contributed by atoms with Crippen molar-refractivity contribution < 1.29 is 8.78 Å². The van der Waals surface area contributed by atoms with Crippen molar-refractivity contribution in [1.82, 2.24) is 0 Å². The summed E-state index contributed by atoms with van der Waals surface area (Å²) in [6.07, 6.45) is 0. The first-order chi connectivity index (χ1) is 7.58. The highest BCUT2D eigenvalue weighted by Crippen LogP contribution is 2.24. The van der Waals surface area contributed by atoms with Gasteiger partial charge in [-0.2, -0.15) is 0 Å². The fraction of sp³-hybridized carbons (Fsp3) is 0.143. The average molecular weight is 218 g/mol. The molecule has 0 aliphatic carbocycles.